The summed E-state index contributed by atoms with van der Waals surface area (Å²) in [6.45, 7) is 0. The van der Waals surface area contributed by atoms with E-state index in [4.69, 9.17) is 0 Å². The van der Waals surface area contributed by atoms with E-state index in [2.05, 4.69) is 24.3 Å². The summed E-state index contributed by atoms with van der Waals surface area (Å²) in [5.41, 5.74) is 5.64. The molecule has 92 valence electrons. The molecule has 4 rings (SSSR count). The van der Waals surface area contributed by atoms with E-state index >= 15 is 0 Å². The Morgan fingerprint density at radius 2 is 1.89 bits per heavy atom. The molecule has 0 fully saturated rings. The second kappa shape index (κ2) is 3.81. The molecule has 0 N–H and O–H groups in total. The van der Waals surface area contributed by atoms with E-state index in [1.807, 2.05) is 0 Å². The third kappa shape index (κ3) is 1.36. The lowest BCUT2D eigenvalue weighted by atomic mass is 9.66. The molecule has 0 heterocycles. The zero-order valence-electron chi connectivity index (χ0n) is 10.6. The van der Waals surface area contributed by atoms with Gasteiger partial charge in [0.05, 0.1) is 0 Å². The van der Waals surface area contributed by atoms with Gasteiger partial charge in [-0.25, -0.2) is 0 Å². The van der Waals surface area contributed by atoms with Crippen molar-refractivity contribution in [3.8, 4) is 0 Å². The van der Waals surface area contributed by atoms with Crippen LogP contribution >= 0.6 is 0 Å². The summed E-state index contributed by atoms with van der Waals surface area (Å²) in [4.78, 5) is 12.6. The fourth-order valence-corrected chi connectivity index (χ4v) is 4.24. The predicted molar refractivity (Wildman–Crippen MR) is 71.5 cm³/mol. The molecule has 0 bridgehead atoms. The van der Waals surface area contributed by atoms with Crippen molar-refractivity contribution in [2.75, 3.05) is 0 Å². The lowest BCUT2D eigenvalue weighted by molar-refractivity contribution is -0.121. The van der Waals surface area contributed by atoms with Crippen LogP contribution in [0.4, 0.5) is 0 Å². The SMILES string of the molecule is O=C1C2=C(CCC2)C[C@@H]2c3ccccc3CC[C@H]12. The predicted octanol–water partition coefficient (Wildman–Crippen LogP) is 3.79. The molecule has 1 aromatic rings. The van der Waals surface area contributed by atoms with E-state index in [-0.39, 0.29) is 5.92 Å². The molecule has 1 heteroatoms. The molecule has 18 heavy (non-hydrogen) atoms. The number of carbonyl (C=O) groups excluding carboxylic acids is 1. The molecule has 0 aromatic heterocycles. The van der Waals surface area contributed by atoms with Gasteiger partial charge in [-0.3, -0.25) is 4.79 Å². The zero-order valence-corrected chi connectivity index (χ0v) is 10.6. The number of ketones is 1. The monoisotopic (exact) mass is 238 g/mol. The van der Waals surface area contributed by atoms with Crippen LogP contribution in [0.2, 0.25) is 0 Å². The van der Waals surface area contributed by atoms with Gasteiger partial charge < -0.3 is 0 Å². The third-order valence-corrected chi connectivity index (χ3v) is 5.10. The topological polar surface area (TPSA) is 17.1 Å². The number of allylic oxidation sites excluding steroid dienone is 2. The zero-order chi connectivity index (χ0) is 12.1. The smallest absolute Gasteiger partial charge is 0.162 e. The summed E-state index contributed by atoms with van der Waals surface area (Å²) in [5, 5.41) is 0. The summed E-state index contributed by atoms with van der Waals surface area (Å²) in [6.07, 6.45) is 6.74. The van der Waals surface area contributed by atoms with Crippen LogP contribution in [0.1, 0.15) is 49.1 Å². The fraction of sp³-hybridized carbons (Fsp3) is 0.471. The highest BCUT2D eigenvalue weighted by molar-refractivity contribution is 6.00. The minimum absolute atomic E-state index is 0.289. The van der Waals surface area contributed by atoms with Gasteiger partial charge in [0.25, 0.3) is 0 Å². The van der Waals surface area contributed by atoms with Crippen molar-refractivity contribution in [3.05, 3.63) is 46.5 Å². The minimum atomic E-state index is 0.289. The summed E-state index contributed by atoms with van der Waals surface area (Å²) < 4.78 is 0. The van der Waals surface area contributed by atoms with Crippen LogP contribution in [-0.2, 0) is 11.2 Å². The number of rotatable bonds is 0. The number of aryl methyl sites for hydroxylation is 1. The molecule has 1 aromatic carbocycles. The lowest BCUT2D eigenvalue weighted by Crippen LogP contribution is -2.32. The van der Waals surface area contributed by atoms with E-state index in [0.29, 0.717) is 11.7 Å². The van der Waals surface area contributed by atoms with Gasteiger partial charge in [-0.05, 0) is 61.1 Å². The maximum atomic E-state index is 12.6. The van der Waals surface area contributed by atoms with Gasteiger partial charge in [0.1, 0.15) is 0 Å². The highest BCUT2D eigenvalue weighted by Crippen LogP contribution is 2.49. The molecular weight excluding hydrogens is 220 g/mol. The molecule has 0 unspecified atom stereocenters. The van der Waals surface area contributed by atoms with E-state index in [1.54, 1.807) is 0 Å². The first-order valence-electron chi connectivity index (χ1n) is 7.17. The van der Waals surface area contributed by atoms with Crippen molar-refractivity contribution in [2.45, 2.75) is 44.4 Å². The molecule has 0 aliphatic heterocycles. The van der Waals surface area contributed by atoms with Crippen molar-refractivity contribution in [3.63, 3.8) is 0 Å². The number of Topliss-reactive ketones (excluding diaryl/α,β-unsaturated/α-hetero) is 1. The summed E-state index contributed by atoms with van der Waals surface area (Å²) >= 11 is 0. The van der Waals surface area contributed by atoms with Gasteiger partial charge in [-0.15, -0.1) is 0 Å². The van der Waals surface area contributed by atoms with Crippen molar-refractivity contribution in [1.82, 2.24) is 0 Å². The Kier molecular flexibility index (Phi) is 2.23. The average molecular weight is 238 g/mol. The van der Waals surface area contributed by atoms with Crippen LogP contribution in [0.3, 0.4) is 0 Å². The van der Waals surface area contributed by atoms with Gasteiger partial charge in [0, 0.05) is 5.92 Å². The van der Waals surface area contributed by atoms with Crippen molar-refractivity contribution in [2.24, 2.45) is 5.92 Å². The highest BCUT2D eigenvalue weighted by atomic mass is 16.1. The molecule has 0 spiro atoms. The molecule has 3 aliphatic rings. The third-order valence-electron chi connectivity index (χ3n) is 5.10. The van der Waals surface area contributed by atoms with Crippen molar-refractivity contribution >= 4 is 5.78 Å². The lowest BCUT2D eigenvalue weighted by Gasteiger charge is -2.36. The van der Waals surface area contributed by atoms with Crippen LogP contribution in [0, 0.1) is 5.92 Å². The van der Waals surface area contributed by atoms with Crippen LogP contribution in [0.5, 0.6) is 0 Å². The number of fused-ring (bicyclic) bond motifs is 3. The van der Waals surface area contributed by atoms with Crippen LogP contribution in [-0.4, -0.2) is 5.78 Å². The minimum Gasteiger partial charge on any atom is -0.294 e. The first-order valence-corrected chi connectivity index (χ1v) is 7.17. The van der Waals surface area contributed by atoms with Crippen LogP contribution < -0.4 is 0 Å². The average Bonchev–Trinajstić information content (AvgIpc) is 2.87. The van der Waals surface area contributed by atoms with Crippen molar-refractivity contribution < 1.29 is 4.79 Å². The summed E-state index contributed by atoms with van der Waals surface area (Å²) in [5.74, 6) is 1.27. The van der Waals surface area contributed by atoms with Crippen LogP contribution in [0.25, 0.3) is 0 Å². The van der Waals surface area contributed by atoms with Gasteiger partial charge in [0.2, 0.25) is 0 Å². The van der Waals surface area contributed by atoms with Crippen molar-refractivity contribution in [1.29, 1.82) is 0 Å². The second-order valence-corrected chi connectivity index (χ2v) is 5.95. The first-order chi connectivity index (χ1) is 8.84. The van der Waals surface area contributed by atoms with E-state index < -0.39 is 0 Å². The Bertz CT molecular complexity index is 552. The standard InChI is InChI=1S/C17H18O/c18-17-14-7-3-5-12(14)10-16-13-6-2-1-4-11(13)8-9-15(16)17/h1-2,4,6,15-16H,3,5,7-10H2/t15-,16+/m0/s1. The van der Waals surface area contributed by atoms with E-state index in [9.17, 15) is 4.79 Å². The molecule has 1 nitrogen and oxygen atoms in total. The number of hydrogen-bond acceptors (Lipinski definition) is 1. The molecule has 0 amide bonds. The molecule has 2 atom stereocenters. The van der Waals surface area contributed by atoms with Gasteiger partial charge >= 0.3 is 0 Å². The summed E-state index contributed by atoms with van der Waals surface area (Å²) in [7, 11) is 0. The largest absolute Gasteiger partial charge is 0.294 e. The number of hydrogen-bond donors (Lipinski definition) is 0. The first kappa shape index (κ1) is 10.5. The number of benzene rings is 1. The maximum absolute atomic E-state index is 12.6. The molecular formula is C17H18O. The Hall–Kier alpha value is -1.37. The molecule has 0 radical (unpaired) electrons. The van der Waals surface area contributed by atoms with Gasteiger partial charge in [-0.1, -0.05) is 29.8 Å². The van der Waals surface area contributed by atoms with E-state index in [1.165, 1.54) is 35.1 Å². The van der Waals surface area contributed by atoms with E-state index in [0.717, 1.165) is 25.7 Å². The fourth-order valence-electron chi connectivity index (χ4n) is 4.24. The Labute approximate surface area is 108 Å². The molecule has 0 saturated heterocycles. The Morgan fingerprint density at radius 3 is 2.83 bits per heavy atom. The second-order valence-electron chi connectivity index (χ2n) is 5.95. The van der Waals surface area contributed by atoms with Crippen LogP contribution in [0.15, 0.2) is 35.4 Å². The number of carbonyl (C=O) groups is 1. The van der Waals surface area contributed by atoms with Gasteiger partial charge in [-0.2, -0.15) is 0 Å². The molecule has 3 aliphatic carbocycles. The summed E-state index contributed by atoms with van der Waals surface area (Å²) in [6, 6.07) is 8.75. The Morgan fingerprint density at radius 1 is 1.00 bits per heavy atom. The van der Waals surface area contributed by atoms with Gasteiger partial charge in [0.15, 0.2) is 5.78 Å². The normalized spacial score (nSPS) is 29.9. The molecule has 0 saturated carbocycles. The quantitative estimate of drug-likeness (QED) is 0.672. The Balaban J connectivity index is 1.81. The highest BCUT2D eigenvalue weighted by Gasteiger charge is 2.41. The maximum Gasteiger partial charge on any atom is 0.162 e.